The highest BCUT2D eigenvalue weighted by Gasteiger charge is 2.11. The summed E-state index contributed by atoms with van der Waals surface area (Å²) in [5.74, 6) is 0. The molecule has 0 spiro atoms. The molecule has 0 aliphatic heterocycles. The number of hydrogen-bond acceptors (Lipinski definition) is 1. The van der Waals surface area contributed by atoms with Crippen LogP contribution in [0.4, 0.5) is 0 Å². The third kappa shape index (κ3) is 3.80. The Labute approximate surface area is 106 Å². The molecule has 0 saturated heterocycles. The van der Waals surface area contributed by atoms with Crippen molar-refractivity contribution in [2.24, 2.45) is 5.73 Å². The van der Waals surface area contributed by atoms with Crippen LogP contribution in [-0.2, 0) is 0 Å². The summed E-state index contributed by atoms with van der Waals surface area (Å²) in [6, 6.07) is 4.67. The maximum atomic E-state index is 6.23. The predicted octanol–water partition coefficient (Wildman–Crippen LogP) is 4.22. The minimum Gasteiger partial charge on any atom is -0.324 e. The van der Waals surface area contributed by atoms with Crippen LogP contribution in [0.2, 0.25) is 0 Å². The molecule has 0 aliphatic carbocycles. The molecule has 0 bridgehead atoms. The summed E-state index contributed by atoms with van der Waals surface area (Å²) in [5, 5.41) is 0. The van der Waals surface area contributed by atoms with Crippen molar-refractivity contribution >= 4 is 12.4 Å². The summed E-state index contributed by atoms with van der Waals surface area (Å²) in [4.78, 5) is 0. The second kappa shape index (κ2) is 6.93. The van der Waals surface area contributed by atoms with Gasteiger partial charge in [-0.2, -0.15) is 0 Å². The molecule has 0 radical (unpaired) electrons. The van der Waals surface area contributed by atoms with Gasteiger partial charge in [0.2, 0.25) is 0 Å². The molecule has 1 atom stereocenters. The molecule has 92 valence electrons. The summed E-state index contributed by atoms with van der Waals surface area (Å²) >= 11 is 0. The van der Waals surface area contributed by atoms with Crippen LogP contribution in [0, 0.1) is 20.8 Å². The monoisotopic (exact) mass is 241 g/mol. The van der Waals surface area contributed by atoms with Crippen molar-refractivity contribution in [3.63, 3.8) is 0 Å². The van der Waals surface area contributed by atoms with Gasteiger partial charge in [0.05, 0.1) is 0 Å². The number of aryl methyl sites for hydroxylation is 3. The van der Waals surface area contributed by atoms with E-state index in [1.54, 1.807) is 0 Å². The molecule has 0 heterocycles. The second-order valence-electron chi connectivity index (χ2n) is 4.56. The molecule has 1 nitrogen and oxygen atoms in total. The molecule has 0 aliphatic rings. The number of halogens is 1. The Morgan fingerprint density at radius 3 is 2.06 bits per heavy atom. The van der Waals surface area contributed by atoms with Crippen LogP contribution in [0.25, 0.3) is 0 Å². The van der Waals surface area contributed by atoms with Gasteiger partial charge in [0.1, 0.15) is 0 Å². The zero-order valence-electron chi connectivity index (χ0n) is 10.8. The average molecular weight is 242 g/mol. The molecule has 0 fully saturated rings. The largest absolute Gasteiger partial charge is 0.324 e. The lowest BCUT2D eigenvalue weighted by atomic mass is 9.92. The van der Waals surface area contributed by atoms with Crippen molar-refractivity contribution in [2.45, 2.75) is 53.0 Å². The molecular weight excluding hydrogens is 218 g/mol. The summed E-state index contributed by atoms with van der Waals surface area (Å²) in [6.07, 6.45) is 3.53. The van der Waals surface area contributed by atoms with Crippen LogP contribution >= 0.6 is 12.4 Å². The Kier molecular flexibility index (Phi) is 6.70. The lowest BCUT2D eigenvalue weighted by Gasteiger charge is -2.18. The van der Waals surface area contributed by atoms with Gasteiger partial charge in [-0.3, -0.25) is 0 Å². The minimum absolute atomic E-state index is 0. The first-order valence-corrected chi connectivity index (χ1v) is 5.89. The van der Waals surface area contributed by atoms with Crippen molar-refractivity contribution in [1.29, 1.82) is 0 Å². The quantitative estimate of drug-likeness (QED) is 0.839. The molecule has 1 rings (SSSR count). The third-order valence-electron chi connectivity index (χ3n) is 2.98. The highest BCUT2D eigenvalue weighted by atomic mass is 35.5. The Bertz CT molecular complexity index is 311. The van der Waals surface area contributed by atoms with Gasteiger partial charge < -0.3 is 5.73 Å². The van der Waals surface area contributed by atoms with E-state index in [-0.39, 0.29) is 18.4 Å². The zero-order chi connectivity index (χ0) is 11.4. The Hall–Kier alpha value is -0.530. The minimum atomic E-state index is 0. The fraction of sp³-hybridized carbons (Fsp3) is 0.571. The topological polar surface area (TPSA) is 26.0 Å². The number of rotatable bonds is 4. The highest BCUT2D eigenvalue weighted by molar-refractivity contribution is 5.85. The Balaban J connectivity index is 0.00000225. The summed E-state index contributed by atoms with van der Waals surface area (Å²) in [6.45, 7) is 8.69. The van der Waals surface area contributed by atoms with E-state index in [4.69, 9.17) is 5.73 Å². The zero-order valence-corrected chi connectivity index (χ0v) is 11.7. The summed E-state index contributed by atoms with van der Waals surface area (Å²) in [5.41, 5.74) is 11.6. The molecule has 1 aromatic carbocycles. The van der Waals surface area contributed by atoms with Crippen LogP contribution < -0.4 is 5.73 Å². The molecule has 2 N–H and O–H groups in total. The van der Waals surface area contributed by atoms with Crippen molar-refractivity contribution in [2.75, 3.05) is 0 Å². The van der Waals surface area contributed by atoms with Gasteiger partial charge in [0.15, 0.2) is 0 Å². The number of nitrogens with two attached hydrogens (primary N) is 1. The van der Waals surface area contributed by atoms with Gasteiger partial charge >= 0.3 is 0 Å². The molecule has 1 aromatic rings. The Morgan fingerprint density at radius 1 is 1.12 bits per heavy atom. The first kappa shape index (κ1) is 15.5. The summed E-state index contributed by atoms with van der Waals surface area (Å²) < 4.78 is 0. The number of unbranched alkanes of at least 4 members (excludes halogenated alkanes) is 1. The third-order valence-corrected chi connectivity index (χ3v) is 2.98. The predicted molar refractivity (Wildman–Crippen MR) is 74.4 cm³/mol. The fourth-order valence-corrected chi connectivity index (χ4v) is 2.34. The highest BCUT2D eigenvalue weighted by Crippen LogP contribution is 2.25. The maximum absolute atomic E-state index is 6.23. The second-order valence-corrected chi connectivity index (χ2v) is 4.56. The van der Waals surface area contributed by atoms with Gasteiger partial charge in [-0.25, -0.2) is 0 Å². The molecule has 0 saturated carbocycles. The van der Waals surface area contributed by atoms with E-state index in [9.17, 15) is 0 Å². The SMILES string of the molecule is CCCC[C@@H](N)c1c(C)cc(C)cc1C.Cl. The Morgan fingerprint density at radius 2 is 1.62 bits per heavy atom. The number of hydrogen-bond donors (Lipinski definition) is 1. The van der Waals surface area contributed by atoms with Crippen LogP contribution in [0.1, 0.15) is 54.5 Å². The van der Waals surface area contributed by atoms with E-state index in [2.05, 4.69) is 39.8 Å². The lowest BCUT2D eigenvalue weighted by Crippen LogP contribution is -2.13. The van der Waals surface area contributed by atoms with Crippen LogP contribution in [0.3, 0.4) is 0 Å². The van der Waals surface area contributed by atoms with Crippen molar-refractivity contribution < 1.29 is 0 Å². The van der Waals surface area contributed by atoms with Gasteiger partial charge in [-0.05, 0) is 43.9 Å². The standard InChI is InChI=1S/C14H23N.ClH/c1-5-6-7-13(15)14-11(3)8-10(2)9-12(14)4;/h8-9,13H,5-7,15H2,1-4H3;1H/t13-;/m1./s1. The molecule has 0 unspecified atom stereocenters. The van der Waals surface area contributed by atoms with Crippen molar-refractivity contribution in [1.82, 2.24) is 0 Å². The first-order chi connectivity index (χ1) is 7.06. The van der Waals surface area contributed by atoms with Gasteiger partial charge in [-0.1, -0.05) is 37.5 Å². The normalized spacial score (nSPS) is 12.1. The van der Waals surface area contributed by atoms with Gasteiger partial charge in [0, 0.05) is 6.04 Å². The van der Waals surface area contributed by atoms with Crippen LogP contribution in [0.5, 0.6) is 0 Å². The van der Waals surface area contributed by atoms with Crippen LogP contribution in [-0.4, -0.2) is 0 Å². The molecule has 0 aromatic heterocycles. The fourth-order valence-electron chi connectivity index (χ4n) is 2.34. The van der Waals surface area contributed by atoms with Gasteiger partial charge in [0.25, 0.3) is 0 Å². The average Bonchev–Trinajstić information content (AvgIpc) is 2.12. The van der Waals surface area contributed by atoms with E-state index in [1.165, 1.54) is 35.1 Å². The van der Waals surface area contributed by atoms with Gasteiger partial charge in [-0.15, -0.1) is 12.4 Å². The summed E-state index contributed by atoms with van der Waals surface area (Å²) in [7, 11) is 0. The van der Waals surface area contributed by atoms with E-state index >= 15 is 0 Å². The molecule has 2 heteroatoms. The van der Waals surface area contributed by atoms with E-state index in [0.717, 1.165) is 6.42 Å². The maximum Gasteiger partial charge on any atom is 0.0300 e. The van der Waals surface area contributed by atoms with E-state index in [1.807, 2.05) is 0 Å². The van der Waals surface area contributed by atoms with Crippen molar-refractivity contribution in [3.05, 3.63) is 34.4 Å². The van der Waals surface area contributed by atoms with Crippen molar-refractivity contribution in [3.8, 4) is 0 Å². The smallest absolute Gasteiger partial charge is 0.0300 e. The molecular formula is C14H24ClN. The first-order valence-electron chi connectivity index (χ1n) is 5.89. The molecule has 0 amide bonds. The number of benzene rings is 1. The van der Waals surface area contributed by atoms with E-state index < -0.39 is 0 Å². The van der Waals surface area contributed by atoms with E-state index in [0.29, 0.717) is 0 Å². The van der Waals surface area contributed by atoms with Crippen LogP contribution in [0.15, 0.2) is 12.1 Å². The molecule has 16 heavy (non-hydrogen) atoms. The lowest BCUT2D eigenvalue weighted by molar-refractivity contribution is 0.598.